The molecule has 0 saturated carbocycles. The van der Waals surface area contributed by atoms with Crippen LogP contribution < -0.4 is 20.3 Å². The van der Waals surface area contributed by atoms with E-state index >= 15 is 0 Å². The van der Waals surface area contributed by atoms with Crippen LogP contribution in [0.2, 0.25) is 0 Å². The van der Waals surface area contributed by atoms with Crippen LogP contribution in [0.4, 0.5) is 0 Å². The molecule has 0 bridgehead atoms. The Morgan fingerprint density at radius 1 is 0.833 bits per heavy atom. The molecule has 0 saturated heterocycles. The highest BCUT2D eigenvalue weighted by atomic mass is 16.5. The Bertz CT molecular complexity index is 798. The number of hydrogen-bond donors (Lipinski definition) is 2. The number of nitrogens with one attached hydrogen (secondary N) is 2. The fourth-order valence-corrected chi connectivity index (χ4v) is 3.00. The first-order valence-corrected chi connectivity index (χ1v) is 10.5. The van der Waals surface area contributed by atoms with Crippen molar-refractivity contribution < 1.29 is 19.1 Å². The average Bonchev–Trinajstić information content (AvgIpc) is 2.74. The Morgan fingerprint density at radius 2 is 1.50 bits per heavy atom. The van der Waals surface area contributed by atoms with Crippen molar-refractivity contribution in [3.05, 3.63) is 59.2 Å². The molecule has 0 unspecified atom stereocenters. The fourth-order valence-electron chi connectivity index (χ4n) is 3.00. The number of para-hydroxylation sites is 1. The zero-order valence-corrected chi connectivity index (χ0v) is 18.1. The SMILES string of the molecule is CCCCCCCOc1ccc(C(=O)NNC(=O)COc2c(C)cccc2C)cc1. The van der Waals surface area contributed by atoms with Crippen LogP contribution in [0.25, 0.3) is 0 Å². The minimum absolute atomic E-state index is 0.184. The molecule has 2 aromatic carbocycles. The number of carbonyl (C=O) groups excluding carboxylic acids is 2. The van der Waals surface area contributed by atoms with Crippen molar-refractivity contribution in [2.45, 2.75) is 52.9 Å². The minimum atomic E-state index is -0.436. The Hall–Kier alpha value is -3.02. The van der Waals surface area contributed by atoms with E-state index in [1.165, 1.54) is 25.7 Å². The van der Waals surface area contributed by atoms with Gasteiger partial charge in [0.15, 0.2) is 6.61 Å². The molecular weight excluding hydrogens is 380 g/mol. The number of ether oxygens (including phenoxy) is 2. The van der Waals surface area contributed by atoms with Gasteiger partial charge in [-0.15, -0.1) is 0 Å². The molecular formula is C24H32N2O4. The van der Waals surface area contributed by atoms with Gasteiger partial charge in [0.25, 0.3) is 11.8 Å². The van der Waals surface area contributed by atoms with Gasteiger partial charge in [0.2, 0.25) is 0 Å². The molecule has 30 heavy (non-hydrogen) atoms. The number of aryl methyl sites for hydroxylation is 2. The quantitative estimate of drug-likeness (QED) is 0.421. The minimum Gasteiger partial charge on any atom is -0.494 e. The van der Waals surface area contributed by atoms with Crippen molar-refractivity contribution in [1.29, 1.82) is 0 Å². The van der Waals surface area contributed by atoms with Crippen LogP contribution in [0.15, 0.2) is 42.5 Å². The summed E-state index contributed by atoms with van der Waals surface area (Å²) in [4.78, 5) is 24.2. The maximum absolute atomic E-state index is 12.2. The monoisotopic (exact) mass is 412 g/mol. The molecule has 0 aromatic heterocycles. The number of rotatable bonds is 11. The van der Waals surface area contributed by atoms with Gasteiger partial charge >= 0.3 is 0 Å². The smallest absolute Gasteiger partial charge is 0.276 e. The molecule has 2 N–H and O–H groups in total. The molecule has 0 aliphatic carbocycles. The van der Waals surface area contributed by atoms with E-state index < -0.39 is 11.8 Å². The Morgan fingerprint density at radius 3 is 2.17 bits per heavy atom. The van der Waals surface area contributed by atoms with Crippen LogP contribution in [0, 0.1) is 13.8 Å². The summed E-state index contributed by atoms with van der Waals surface area (Å²) in [5, 5.41) is 0. The summed E-state index contributed by atoms with van der Waals surface area (Å²) in [6, 6.07) is 12.6. The van der Waals surface area contributed by atoms with E-state index in [1.807, 2.05) is 32.0 Å². The summed E-state index contributed by atoms with van der Waals surface area (Å²) in [7, 11) is 0. The lowest BCUT2D eigenvalue weighted by Crippen LogP contribution is -2.43. The van der Waals surface area contributed by atoms with E-state index in [2.05, 4.69) is 17.8 Å². The van der Waals surface area contributed by atoms with Crippen molar-refractivity contribution >= 4 is 11.8 Å². The van der Waals surface area contributed by atoms with E-state index in [-0.39, 0.29) is 6.61 Å². The molecule has 162 valence electrons. The summed E-state index contributed by atoms with van der Waals surface area (Å²) < 4.78 is 11.3. The third-order valence-corrected chi connectivity index (χ3v) is 4.70. The van der Waals surface area contributed by atoms with Gasteiger partial charge in [-0.1, -0.05) is 50.8 Å². The second-order valence-electron chi connectivity index (χ2n) is 7.30. The zero-order chi connectivity index (χ0) is 21.8. The molecule has 0 spiro atoms. The number of unbranched alkanes of at least 4 members (excludes halogenated alkanes) is 4. The lowest BCUT2D eigenvalue weighted by Gasteiger charge is -2.12. The van der Waals surface area contributed by atoms with Gasteiger partial charge in [0.05, 0.1) is 6.61 Å². The maximum atomic E-state index is 12.2. The number of amides is 2. The Balaban J connectivity index is 1.70. The number of carbonyl (C=O) groups is 2. The first-order chi connectivity index (χ1) is 14.5. The first-order valence-electron chi connectivity index (χ1n) is 10.5. The molecule has 6 heteroatoms. The Labute approximate surface area is 178 Å². The van der Waals surface area contributed by atoms with Gasteiger partial charge in [-0.25, -0.2) is 0 Å². The van der Waals surface area contributed by atoms with E-state index in [0.29, 0.717) is 17.9 Å². The third kappa shape index (κ3) is 7.78. The average molecular weight is 413 g/mol. The van der Waals surface area contributed by atoms with E-state index in [0.717, 1.165) is 23.3 Å². The highest BCUT2D eigenvalue weighted by molar-refractivity contribution is 5.95. The largest absolute Gasteiger partial charge is 0.494 e. The normalized spacial score (nSPS) is 10.4. The van der Waals surface area contributed by atoms with Crippen molar-refractivity contribution in [3.8, 4) is 11.5 Å². The van der Waals surface area contributed by atoms with Crippen LogP contribution in [0.1, 0.15) is 60.5 Å². The summed E-state index contributed by atoms with van der Waals surface area (Å²) in [5.41, 5.74) is 7.10. The van der Waals surface area contributed by atoms with Gasteiger partial charge in [-0.2, -0.15) is 0 Å². The summed E-state index contributed by atoms with van der Waals surface area (Å²) in [6.45, 7) is 6.52. The predicted octanol–water partition coefficient (Wildman–Crippen LogP) is 4.49. The van der Waals surface area contributed by atoms with Crippen LogP contribution in [0.5, 0.6) is 11.5 Å². The highest BCUT2D eigenvalue weighted by Crippen LogP contribution is 2.22. The number of hydrogen-bond acceptors (Lipinski definition) is 4. The maximum Gasteiger partial charge on any atom is 0.276 e. The Kier molecular flexibility index (Phi) is 9.71. The van der Waals surface area contributed by atoms with Gasteiger partial charge in [-0.05, 0) is 55.7 Å². The van der Waals surface area contributed by atoms with Gasteiger partial charge in [-0.3, -0.25) is 20.4 Å². The summed E-state index contributed by atoms with van der Waals surface area (Å²) in [6.07, 6.45) is 5.92. The second kappa shape index (κ2) is 12.5. The molecule has 0 aliphatic heterocycles. The topological polar surface area (TPSA) is 76.7 Å². The van der Waals surface area contributed by atoms with Crippen LogP contribution in [-0.4, -0.2) is 25.0 Å². The molecule has 0 radical (unpaired) electrons. The second-order valence-corrected chi connectivity index (χ2v) is 7.30. The zero-order valence-electron chi connectivity index (χ0n) is 18.1. The highest BCUT2D eigenvalue weighted by Gasteiger charge is 2.10. The first kappa shape index (κ1) is 23.3. The van der Waals surface area contributed by atoms with E-state index in [9.17, 15) is 9.59 Å². The van der Waals surface area contributed by atoms with Crippen molar-refractivity contribution in [3.63, 3.8) is 0 Å². The van der Waals surface area contributed by atoms with Crippen molar-refractivity contribution in [2.24, 2.45) is 0 Å². The standard InChI is InChI=1S/C24H32N2O4/c1-4-5-6-7-8-16-29-21-14-12-20(13-15-21)24(28)26-25-22(27)17-30-23-18(2)10-9-11-19(23)3/h9-15H,4-8,16-17H2,1-3H3,(H,25,27)(H,26,28). The summed E-state index contributed by atoms with van der Waals surface area (Å²) >= 11 is 0. The van der Waals surface area contributed by atoms with Crippen LogP contribution >= 0.6 is 0 Å². The van der Waals surface area contributed by atoms with Crippen LogP contribution in [0.3, 0.4) is 0 Å². The molecule has 2 aromatic rings. The van der Waals surface area contributed by atoms with Gasteiger partial charge < -0.3 is 9.47 Å². The lowest BCUT2D eigenvalue weighted by molar-refractivity contribution is -0.123. The number of benzene rings is 2. The molecule has 0 heterocycles. The van der Waals surface area contributed by atoms with Gasteiger partial charge in [0.1, 0.15) is 11.5 Å². The fraction of sp³-hybridized carbons (Fsp3) is 0.417. The predicted molar refractivity (Wildman–Crippen MR) is 118 cm³/mol. The lowest BCUT2D eigenvalue weighted by atomic mass is 10.1. The van der Waals surface area contributed by atoms with E-state index in [4.69, 9.17) is 9.47 Å². The molecule has 0 aliphatic rings. The molecule has 0 fully saturated rings. The van der Waals surface area contributed by atoms with E-state index in [1.54, 1.807) is 24.3 Å². The summed E-state index contributed by atoms with van der Waals surface area (Å²) in [5.74, 6) is 0.573. The van der Waals surface area contributed by atoms with Crippen LogP contribution in [-0.2, 0) is 4.79 Å². The number of hydrazine groups is 1. The molecule has 2 rings (SSSR count). The van der Waals surface area contributed by atoms with Crippen molar-refractivity contribution in [2.75, 3.05) is 13.2 Å². The molecule has 0 atom stereocenters. The third-order valence-electron chi connectivity index (χ3n) is 4.70. The molecule has 2 amide bonds. The van der Waals surface area contributed by atoms with Crippen molar-refractivity contribution in [1.82, 2.24) is 10.9 Å². The van der Waals surface area contributed by atoms with Gasteiger partial charge in [0, 0.05) is 5.56 Å². The molecule has 6 nitrogen and oxygen atoms in total.